The van der Waals surface area contributed by atoms with E-state index in [1.165, 1.54) is 38.5 Å². The largest absolute Gasteiger partial charge is 0.481 e. The highest BCUT2D eigenvalue weighted by Crippen LogP contribution is 2.63. The third-order valence-electron chi connectivity index (χ3n) is 5.13. The molecule has 1 N–H and O–H groups in total. The Bertz CT molecular complexity index is 269. The molecule has 14 heavy (non-hydrogen) atoms. The number of carboxylic acid groups (broad SMARTS) is 1. The zero-order valence-electron chi connectivity index (χ0n) is 8.54. The Balaban J connectivity index is 1.92. The van der Waals surface area contributed by atoms with E-state index in [2.05, 4.69) is 0 Å². The zero-order valence-corrected chi connectivity index (χ0v) is 8.54. The van der Waals surface area contributed by atoms with E-state index in [1.807, 2.05) is 0 Å². The Labute approximate surface area is 84.7 Å². The van der Waals surface area contributed by atoms with Crippen molar-refractivity contribution in [1.29, 1.82) is 0 Å². The molecule has 0 spiro atoms. The van der Waals surface area contributed by atoms with Gasteiger partial charge in [0, 0.05) is 0 Å². The molecule has 2 nitrogen and oxygen atoms in total. The van der Waals surface area contributed by atoms with Gasteiger partial charge in [-0.05, 0) is 49.9 Å². The Kier molecular flexibility index (Phi) is 1.71. The second-order valence-corrected chi connectivity index (χ2v) is 5.55. The van der Waals surface area contributed by atoms with Gasteiger partial charge >= 0.3 is 5.97 Å². The molecule has 0 amide bonds. The van der Waals surface area contributed by atoms with Crippen LogP contribution in [0.25, 0.3) is 0 Å². The number of aliphatic carboxylic acids is 1. The van der Waals surface area contributed by atoms with E-state index in [-0.39, 0.29) is 5.41 Å². The summed E-state index contributed by atoms with van der Waals surface area (Å²) in [7, 11) is 0. The van der Waals surface area contributed by atoms with Crippen LogP contribution in [-0.4, -0.2) is 11.1 Å². The first-order valence-electron chi connectivity index (χ1n) is 5.97. The molecule has 3 aliphatic carbocycles. The summed E-state index contributed by atoms with van der Waals surface area (Å²) in [6, 6.07) is 0. The van der Waals surface area contributed by atoms with E-state index in [9.17, 15) is 9.90 Å². The molecule has 3 unspecified atom stereocenters. The smallest absolute Gasteiger partial charge is 0.310 e. The van der Waals surface area contributed by atoms with Gasteiger partial charge in [-0.25, -0.2) is 0 Å². The molecule has 0 saturated heterocycles. The van der Waals surface area contributed by atoms with Crippen molar-refractivity contribution >= 4 is 5.97 Å². The summed E-state index contributed by atoms with van der Waals surface area (Å²) < 4.78 is 0. The second kappa shape index (κ2) is 2.74. The Morgan fingerprint density at radius 2 is 1.93 bits per heavy atom. The maximum Gasteiger partial charge on any atom is 0.310 e. The number of carbonyl (C=O) groups is 1. The van der Waals surface area contributed by atoms with Gasteiger partial charge in [-0.3, -0.25) is 4.79 Å². The third-order valence-corrected chi connectivity index (χ3v) is 5.13. The number of hydrogen-bond donors (Lipinski definition) is 1. The van der Waals surface area contributed by atoms with Crippen LogP contribution in [0, 0.1) is 23.2 Å². The SMILES string of the molecule is O=C(O)C1(C2CCC2)CC2CCC1C2. The molecule has 3 atom stereocenters. The van der Waals surface area contributed by atoms with Gasteiger partial charge in [0.15, 0.2) is 0 Å². The minimum Gasteiger partial charge on any atom is -0.481 e. The van der Waals surface area contributed by atoms with Gasteiger partial charge in [0.25, 0.3) is 0 Å². The van der Waals surface area contributed by atoms with E-state index >= 15 is 0 Å². The molecule has 0 aromatic rings. The lowest BCUT2D eigenvalue weighted by atomic mass is 9.58. The summed E-state index contributed by atoms with van der Waals surface area (Å²) in [6.07, 6.45) is 8.31. The van der Waals surface area contributed by atoms with Crippen molar-refractivity contribution in [3.63, 3.8) is 0 Å². The molecule has 0 heterocycles. The summed E-state index contributed by atoms with van der Waals surface area (Å²) in [5.41, 5.74) is -0.277. The topological polar surface area (TPSA) is 37.3 Å². The first kappa shape index (κ1) is 8.75. The van der Waals surface area contributed by atoms with Crippen molar-refractivity contribution in [1.82, 2.24) is 0 Å². The lowest BCUT2D eigenvalue weighted by Crippen LogP contribution is -2.45. The fourth-order valence-corrected chi connectivity index (χ4v) is 4.23. The zero-order chi connectivity index (χ0) is 9.76. The van der Waals surface area contributed by atoms with E-state index < -0.39 is 5.97 Å². The molecule has 3 aliphatic rings. The second-order valence-electron chi connectivity index (χ2n) is 5.55. The fraction of sp³-hybridized carbons (Fsp3) is 0.917. The highest BCUT2D eigenvalue weighted by Gasteiger charge is 2.60. The first-order valence-corrected chi connectivity index (χ1v) is 5.97. The monoisotopic (exact) mass is 194 g/mol. The third kappa shape index (κ3) is 0.896. The average molecular weight is 194 g/mol. The number of hydrogen-bond acceptors (Lipinski definition) is 1. The maximum absolute atomic E-state index is 11.5. The molecular formula is C12H18O2. The van der Waals surface area contributed by atoms with Crippen LogP contribution in [-0.2, 0) is 4.79 Å². The standard InChI is InChI=1S/C12H18O2/c13-11(14)12(9-2-1-3-9)7-8-4-5-10(12)6-8/h8-10H,1-7H2,(H,13,14). The van der Waals surface area contributed by atoms with Crippen molar-refractivity contribution < 1.29 is 9.90 Å². The van der Waals surface area contributed by atoms with E-state index in [4.69, 9.17) is 0 Å². The highest BCUT2D eigenvalue weighted by molar-refractivity contribution is 5.76. The quantitative estimate of drug-likeness (QED) is 0.733. The lowest BCUT2D eigenvalue weighted by Gasteiger charge is -2.45. The molecule has 0 aliphatic heterocycles. The van der Waals surface area contributed by atoms with E-state index in [0.717, 1.165) is 12.3 Å². The van der Waals surface area contributed by atoms with Crippen LogP contribution in [0.3, 0.4) is 0 Å². The molecular weight excluding hydrogens is 176 g/mol. The lowest BCUT2D eigenvalue weighted by molar-refractivity contribution is -0.160. The van der Waals surface area contributed by atoms with Crippen LogP contribution >= 0.6 is 0 Å². The number of fused-ring (bicyclic) bond motifs is 2. The minimum absolute atomic E-state index is 0.277. The number of rotatable bonds is 2. The molecule has 0 aromatic heterocycles. The van der Waals surface area contributed by atoms with Gasteiger partial charge in [0.05, 0.1) is 5.41 Å². The maximum atomic E-state index is 11.5. The Morgan fingerprint density at radius 3 is 2.29 bits per heavy atom. The average Bonchev–Trinajstić information content (AvgIpc) is 2.59. The van der Waals surface area contributed by atoms with Gasteiger partial charge in [0.2, 0.25) is 0 Å². The molecule has 2 heteroatoms. The minimum atomic E-state index is -0.477. The molecule has 3 saturated carbocycles. The summed E-state index contributed by atoms with van der Waals surface area (Å²) >= 11 is 0. The van der Waals surface area contributed by atoms with Crippen LogP contribution in [0.5, 0.6) is 0 Å². The van der Waals surface area contributed by atoms with Crippen molar-refractivity contribution in [2.75, 3.05) is 0 Å². The molecule has 0 aromatic carbocycles. The first-order chi connectivity index (χ1) is 6.73. The summed E-state index contributed by atoms with van der Waals surface area (Å²) in [5, 5.41) is 9.52. The highest BCUT2D eigenvalue weighted by atomic mass is 16.4. The Morgan fingerprint density at radius 1 is 1.14 bits per heavy atom. The Hall–Kier alpha value is -0.530. The summed E-state index contributed by atoms with van der Waals surface area (Å²) in [5.74, 6) is 1.32. The van der Waals surface area contributed by atoms with Gasteiger partial charge < -0.3 is 5.11 Å². The van der Waals surface area contributed by atoms with Crippen molar-refractivity contribution in [3.05, 3.63) is 0 Å². The normalized spacial score (nSPS) is 46.6. The van der Waals surface area contributed by atoms with E-state index in [0.29, 0.717) is 11.8 Å². The van der Waals surface area contributed by atoms with Gasteiger partial charge in [-0.2, -0.15) is 0 Å². The van der Waals surface area contributed by atoms with Gasteiger partial charge in [0.1, 0.15) is 0 Å². The van der Waals surface area contributed by atoms with Crippen molar-refractivity contribution in [2.24, 2.45) is 23.2 Å². The van der Waals surface area contributed by atoms with Crippen LogP contribution in [0.15, 0.2) is 0 Å². The summed E-state index contributed by atoms with van der Waals surface area (Å²) in [6.45, 7) is 0. The van der Waals surface area contributed by atoms with Crippen LogP contribution < -0.4 is 0 Å². The van der Waals surface area contributed by atoms with Crippen LogP contribution in [0.2, 0.25) is 0 Å². The van der Waals surface area contributed by atoms with Crippen LogP contribution in [0.1, 0.15) is 44.9 Å². The molecule has 78 valence electrons. The molecule has 2 bridgehead atoms. The fourth-order valence-electron chi connectivity index (χ4n) is 4.23. The molecule has 3 fully saturated rings. The van der Waals surface area contributed by atoms with E-state index in [1.54, 1.807) is 0 Å². The molecule has 0 radical (unpaired) electrons. The molecule has 3 rings (SSSR count). The van der Waals surface area contributed by atoms with Crippen molar-refractivity contribution in [2.45, 2.75) is 44.9 Å². The number of carboxylic acids is 1. The van der Waals surface area contributed by atoms with Crippen molar-refractivity contribution in [3.8, 4) is 0 Å². The predicted molar refractivity (Wildman–Crippen MR) is 52.9 cm³/mol. The van der Waals surface area contributed by atoms with Gasteiger partial charge in [-0.15, -0.1) is 0 Å². The van der Waals surface area contributed by atoms with Gasteiger partial charge in [-0.1, -0.05) is 12.8 Å². The summed E-state index contributed by atoms with van der Waals surface area (Å²) in [4.78, 5) is 11.5. The predicted octanol–water partition coefficient (Wildman–Crippen LogP) is 2.68. The van der Waals surface area contributed by atoms with Crippen LogP contribution in [0.4, 0.5) is 0 Å².